The summed E-state index contributed by atoms with van der Waals surface area (Å²) in [7, 11) is 0. The molecule has 0 unspecified atom stereocenters. The molecule has 3 heterocycles. The number of allylic oxidation sites excluding steroid dienone is 1. The summed E-state index contributed by atoms with van der Waals surface area (Å²) in [6.07, 6.45) is 1.19. The van der Waals surface area contributed by atoms with Crippen molar-refractivity contribution in [3.63, 3.8) is 0 Å². The van der Waals surface area contributed by atoms with Gasteiger partial charge in [0.15, 0.2) is 5.82 Å². The van der Waals surface area contributed by atoms with Crippen molar-refractivity contribution in [3.8, 4) is 0 Å². The standard InChI is InChI=1S/C13H17N3/c1-9(2)10-4-5-11-12(14-10)15-13(3)6-7-16(11)8-13/h4-5H,1,6-8H2,2-3H3,(H,14,15)/t13-/m0/s1. The van der Waals surface area contributed by atoms with Crippen molar-refractivity contribution < 1.29 is 0 Å². The summed E-state index contributed by atoms with van der Waals surface area (Å²) in [6, 6.07) is 4.22. The predicted octanol–water partition coefficient (Wildman–Crippen LogP) is 2.51. The molecular weight excluding hydrogens is 198 g/mol. The Balaban J connectivity index is 2.08. The minimum Gasteiger partial charge on any atom is -0.366 e. The zero-order valence-corrected chi connectivity index (χ0v) is 9.88. The van der Waals surface area contributed by atoms with Crippen LogP contribution in [0.2, 0.25) is 0 Å². The van der Waals surface area contributed by atoms with Crippen molar-refractivity contribution in [3.05, 3.63) is 24.4 Å². The van der Waals surface area contributed by atoms with Crippen LogP contribution in [0.4, 0.5) is 11.5 Å². The van der Waals surface area contributed by atoms with Crippen LogP contribution in [0.15, 0.2) is 18.7 Å². The lowest BCUT2D eigenvalue weighted by Crippen LogP contribution is -2.42. The minimum absolute atomic E-state index is 0.202. The summed E-state index contributed by atoms with van der Waals surface area (Å²) in [4.78, 5) is 7.06. The largest absolute Gasteiger partial charge is 0.366 e. The van der Waals surface area contributed by atoms with Crippen LogP contribution in [-0.4, -0.2) is 23.6 Å². The summed E-state index contributed by atoms with van der Waals surface area (Å²) in [5.74, 6) is 1.02. The number of nitrogens with zero attached hydrogens (tertiary/aromatic N) is 2. The molecule has 1 fully saturated rings. The Labute approximate surface area is 96.2 Å². The Morgan fingerprint density at radius 1 is 1.56 bits per heavy atom. The van der Waals surface area contributed by atoms with Crippen LogP contribution in [0.5, 0.6) is 0 Å². The van der Waals surface area contributed by atoms with Crippen LogP contribution < -0.4 is 10.2 Å². The topological polar surface area (TPSA) is 28.2 Å². The molecule has 0 radical (unpaired) electrons. The molecule has 2 aliphatic heterocycles. The summed E-state index contributed by atoms with van der Waals surface area (Å²) in [5, 5.41) is 3.57. The van der Waals surface area contributed by atoms with Crippen LogP contribution in [0, 0.1) is 0 Å². The maximum Gasteiger partial charge on any atom is 0.150 e. The monoisotopic (exact) mass is 215 g/mol. The van der Waals surface area contributed by atoms with Crippen LogP contribution in [0.3, 0.4) is 0 Å². The van der Waals surface area contributed by atoms with Crippen LogP contribution in [0.1, 0.15) is 26.0 Å². The molecule has 84 valence electrons. The molecule has 1 aromatic heterocycles. The molecule has 0 spiro atoms. The van der Waals surface area contributed by atoms with E-state index in [0.29, 0.717) is 0 Å². The first-order valence-electron chi connectivity index (χ1n) is 5.77. The lowest BCUT2D eigenvalue weighted by Gasteiger charge is -2.34. The number of hydrogen-bond donors (Lipinski definition) is 1. The van der Waals surface area contributed by atoms with E-state index < -0.39 is 0 Å². The van der Waals surface area contributed by atoms with Gasteiger partial charge < -0.3 is 10.2 Å². The molecule has 1 aromatic rings. The summed E-state index contributed by atoms with van der Waals surface area (Å²) >= 11 is 0. The zero-order chi connectivity index (χ0) is 11.3. The number of aromatic nitrogens is 1. The third-order valence-electron chi connectivity index (χ3n) is 3.55. The van der Waals surface area contributed by atoms with Gasteiger partial charge in [0.25, 0.3) is 0 Å². The second-order valence-corrected chi connectivity index (χ2v) is 5.20. The third kappa shape index (κ3) is 1.31. The molecule has 2 bridgehead atoms. The van der Waals surface area contributed by atoms with Gasteiger partial charge in [-0.2, -0.15) is 0 Å². The smallest absolute Gasteiger partial charge is 0.150 e. The van der Waals surface area contributed by atoms with Gasteiger partial charge in [0.2, 0.25) is 0 Å². The van der Waals surface area contributed by atoms with Crippen molar-refractivity contribution in [2.75, 3.05) is 23.3 Å². The minimum atomic E-state index is 0.202. The molecule has 0 saturated carbocycles. The first-order chi connectivity index (χ1) is 7.57. The second kappa shape index (κ2) is 3.00. The Hall–Kier alpha value is -1.51. The van der Waals surface area contributed by atoms with E-state index in [-0.39, 0.29) is 5.54 Å². The van der Waals surface area contributed by atoms with Gasteiger partial charge in [-0.25, -0.2) is 4.98 Å². The summed E-state index contributed by atoms with van der Waals surface area (Å²) in [5.41, 5.74) is 3.44. The van der Waals surface area contributed by atoms with Crippen LogP contribution >= 0.6 is 0 Å². The average molecular weight is 215 g/mol. The Morgan fingerprint density at radius 2 is 2.38 bits per heavy atom. The zero-order valence-electron chi connectivity index (χ0n) is 9.88. The van der Waals surface area contributed by atoms with Crippen molar-refractivity contribution >= 4 is 17.1 Å². The number of fused-ring (bicyclic) bond motifs is 4. The summed E-state index contributed by atoms with van der Waals surface area (Å²) < 4.78 is 0. The Kier molecular flexibility index (Phi) is 1.82. The highest BCUT2D eigenvalue weighted by Crippen LogP contribution is 2.39. The van der Waals surface area contributed by atoms with E-state index in [4.69, 9.17) is 0 Å². The van der Waals surface area contributed by atoms with Gasteiger partial charge in [-0.3, -0.25) is 0 Å². The Bertz CT molecular complexity index is 466. The molecule has 1 atom stereocenters. The molecule has 3 heteroatoms. The van der Waals surface area contributed by atoms with E-state index in [1.54, 1.807) is 0 Å². The van der Waals surface area contributed by atoms with Gasteiger partial charge in [0.1, 0.15) is 0 Å². The van der Waals surface area contributed by atoms with Gasteiger partial charge in [0, 0.05) is 13.1 Å². The van der Waals surface area contributed by atoms with Gasteiger partial charge >= 0.3 is 0 Å². The van der Waals surface area contributed by atoms with Crippen molar-refractivity contribution in [1.29, 1.82) is 0 Å². The molecule has 0 aliphatic carbocycles. The van der Waals surface area contributed by atoms with Crippen molar-refractivity contribution in [2.24, 2.45) is 0 Å². The molecule has 0 amide bonds. The molecule has 1 saturated heterocycles. The second-order valence-electron chi connectivity index (χ2n) is 5.20. The number of anilines is 2. The van der Waals surface area contributed by atoms with Crippen LogP contribution in [0.25, 0.3) is 5.57 Å². The molecule has 3 rings (SSSR count). The fourth-order valence-electron chi connectivity index (χ4n) is 2.59. The molecule has 2 aliphatic rings. The molecule has 16 heavy (non-hydrogen) atoms. The van der Waals surface area contributed by atoms with E-state index in [9.17, 15) is 0 Å². The number of pyridine rings is 1. The molecular formula is C13H17N3. The van der Waals surface area contributed by atoms with E-state index >= 15 is 0 Å². The molecule has 1 N–H and O–H groups in total. The number of rotatable bonds is 1. The lowest BCUT2D eigenvalue weighted by atomic mass is 10.0. The maximum absolute atomic E-state index is 4.65. The summed E-state index contributed by atoms with van der Waals surface area (Å²) in [6.45, 7) is 10.4. The average Bonchev–Trinajstić information content (AvgIpc) is 2.55. The predicted molar refractivity (Wildman–Crippen MR) is 67.8 cm³/mol. The van der Waals surface area contributed by atoms with E-state index in [0.717, 1.165) is 30.2 Å². The molecule has 3 nitrogen and oxygen atoms in total. The quantitative estimate of drug-likeness (QED) is 0.780. The van der Waals surface area contributed by atoms with E-state index in [2.05, 4.69) is 40.8 Å². The SMILES string of the molecule is C=C(C)c1ccc2c(n1)N[C@@]1(C)CCN2C1. The fraction of sp³-hybridized carbons (Fsp3) is 0.462. The maximum atomic E-state index is 4.65. The first kappa shape index (κ1) is 9.70. The fourth-order valence-corrected chi connectivity index (χ4v) is 2.59. The van der Waals surface area contributed by atoms with Gasteiger partial charge in [0.05, 0.1) is 16.9 Å². The highest BCUT2D eigenvalue weighted by atomic mass is 15.3. The van der Waals surface area contributed by atoms with Crippen LogP contribution in [-0.2, 0) is 0 Å². The highest BCUT2D eigenvalue weighted by Gasteiger charge is 2.39. The third-order valence-corrected chi connectivity index (χ3v) is 3.55. The van der Waals surface area contributed by atoms with Gasteiger partial charge in [-0.1, -0.05) is 6.58 Å². The highest BCUT2D eigenvalue weighted by molar-refractivity contribution is 5.74. The van der Waals surface area contributed by atoms with E-state index in [1.165, 1.54) is 12.1 Å². The van der Waals surface area contributed by atoms with Crippen molar-refractivity contribution in [1.82, 2.24) is 4.98 Å². The normalized spacial score (nSPS) is 26.2. The lowest BCUT2D eigenvalue weighted by molar-refractivity contribution is 0.564. The first-order valence-corrected chi connectivity index (χ1v) is 5.77. The molecule has 0 aromatic carbocycles. The number of nitrogens with one attached hydrogen (secondary N) is 1. The Morgan fingerprint density at radius 3 is 3.12 bits per heavy atom. The van der Waals surface area contributed by atoms with Crippen molar-refractivity contribution in [2.45, 2.75) is 25.8 Å². The number of hydrogen-bond acceptors (Lipinski definition) is 3. The van der Waals surface area contributed by atoms with Gasteiger partial charge in [-0.05, 0) is 38.0 Å². The van der Waals surface area contributed by atoms with E-state index in [1.807, 2.05) is 6.92 Å². The van der Waals surface area contributed by atoms with Gasteiger partial charge in [-0.15, -0.1) is 0 Å².